The molecule has 0 aliphatic heterocycles. The zero-order valence-electron chi connectivity index (χ0n) is 14.0. The number of esters is 1. The molecule has 0 fully saturated rings. The molecular weight excluding hydrogens is 276 g/mol. The molecule has 0 N–H and O–H groups in total. The maximum atomic E-state index is 11.9. The molecule has 0 spiro atoms. The molecule has 0 aliphatic carbocycles. The Morgan fingerprint density at radius 3 is 2.45 bits per heavy atom. The normalized spacial score (nSPS) is 12.3. The second kappa shape index (κ2) is 10.9. The summed E-state index contributed by atoms with van der Waals surface area (Å²) in [5.41, 5.74) is 0.958. The lowest BCUT2D eigenvalue weighted by atomic mass is 10.1. The van der Waals surface area contributed by atoms with Gasteiger partial charge in [-0.1, -0.05) is 38.8 Å². The number of benzene rings is 1. The Bertz CT molecular complexity index is 448. The molecule has 0 aliphatic rings. The first kappa shape index (κ1) is 18.3. The summed E-state index contributed by atoms with van der Waals surface area (Å²) in [5.74, 6) is 0.571. The summed E-state index contributed by atoms with van der Waals surface area (Å²) in [6, 6.07) is 7.64. The zero-order valence-corrected chi connectivity index (χ0v) is 14.0. The molecule has 0 saturated carbocycles. The van der Waals surface area contributed by atoms with Gasteiger partial charge in [-0.2, -0.15) is 0 Å². The van der Waals surface area contributed by atoms with Gasteiger partial charge in [0.2, 0.25) is 0 Å². The van der Waals surface area contributed by atoms with Crippen LogP contribution in [0.2, 0.25) is 0 Å². The Morgan fingerprint density at radius 1 is 1.14 bits per heavy atom. The number of rotatable bonds is 10. The van der Waals surface area contributed by atoms with Crippen molar-refractivity contribution in [3.8, 4) is 5.75 Å². The predicted molar refractivity (Wildman–Crippen MR) is 91.0 cm³/mol. The van der Waals surface area contributed by atoms with Gasteiger partial charge in [0.25, 0.3) is 0 Å². The van der Waals surface area contributed by atoms with Gasteiger partial charge in [0.15, 0.2) is 0 Å². The van der Waals surface area contributed by atoms with E-state index in [1.165, 1.54) is 18.9 Å². The van der Waals surface area contributed by atoms with Crippen LogP contribution in [0.15, 0.2) is 30.3 Å². The van der Waals surface area contributed by atoms with Crippen LogP contribution in [0.1, 0.15) is 58.4 Å². The van der Waals surface area contributed by atoms with Gasteiger partial charge in [0.05, 0.1) is 6.61 Å². The fourth-order valence-corrected chi connectivity index (χ4v) is 2.18. The van der Waals surface area contributed by atoms with Crippen molar-refractivity contribution in [3.63, 3.8) is 0 Å². The molecule has 0 aromatic heterocycles. The van der Waals surface area contributed by atoms with Crippen LogP contribution in [0.3, 0.4) is 0 Å². The van der Waals surface area contributed by atoms with Crippen molar-refractivity contribution in [2.45, 2.75) is 59.0 Å². The number of hydrogen-bond donors (Lipinski definition) is 0. The van der Waals surface area contributed by atoms with Crippen molar-refractivity contribution in [1.82, 2.24) is 0 Å². The highest BCUT2D eigenvalue weighted by Crippen LogP contribution is 2.14. The van der Waals surface area contributed by atoms with Gasteiger partial charge in [0.1, 0.15) is 11.9 Å². The third-order valence-electron chi connectivity index (χ3n) is 3.47. The molecule has 0 heterocycles. The number of hydrogen-bond acceptors (Lipinski definition) is 3. The van der Waals surface area contributed by atoms with E-state index in [4.69, 9.17) is 9.47 Å². The van der Waals surface area contributed by atoms with Crippen LogP contribution in [0.5, 0.6) is 5.75 Å². The summed E-state index contributed by atoms with van der Waals surface area (Å²) >= 11 is 0. The molecule has 0 saturated heterocycles. The number of unbranched alkanes of at least 4 members (excludes halogenated alkanes) is 2. The van der Waals surface area contributed by atoms with E-state index in [-0.39, 0.29) is 12.1 Å². The second-order valence-electron chi connectivity index (χ2n) is 5.30. The van der Waals surface area contributed by atoms with E-state index < -0.39 is 0 Å². The first-order valence-corrected chi connectivity index (χ1v) is 8.31. The summed E-state index contributed by atoms with van der Waals surface area (Å²) in [7, 11) is 0. The Kier molecular flexibility index (Phi) is 9.04. The van der Waals surface area contributed by atoms with E-state index in [2.05, 4.69) is 13.8 Å². The average molecular weight is 304 g/mol. The highest BCUT2D eigenvalue weighted by molar-refractivity contribution is 5.87. The fraction of sp³-hybridized carbons (Fsp3) is 0.526. The van der Waals surface area contributed by atoms with Crippen LogP contribution < -0.4 is 4.74 Å². The molecule has 22 heavy (non-hydrogen) atoms. The topological polar surface area (TPSA) is 35.5 Å². The average Bonchev–Trinajstić information content (AvgIpc) is 2.53. The van der Waals surface area contributed by atoms with Gasteiger partial charge in [0, 0.05) is 6.08 Å². The highest BCUT2D eigenvalue weighted by atomic mass is 16.5. The molecule has 3 nitrogen and oxygen atoms in total. The predicted octanol–water partition coefficient (Wildman–Crippen LogP) is 5.00. The standard InChI is InChI=1S/C19H28O3/c1-4-7-8-9-17(5-2)22-19(20)15-12-16-10-13-18(14-11-16)21-6-3/h10-15,17H,4-9H2,1-3H3. The number of carbonyl (C=O) groups is 1. The molecule has 0 radical (unpaired) electrons. The van der Waals surface area contributed by atoms with Crippen LogP contribution in [0.25, 0.3) is 6.08 Å². The minimum absolute atomic E-state index is 0.0315. The molecule has 1 unspecified atom stereocenters. The lowest BCUT2D eigenvalue weighted by Crippen LogP contribution is -2.15. The first-order valence-electron chi connectivity index (χ1n) is 8.31. The highest BCUT2D eigenvalue weighted by Gasteiger charge is 2.09. The summed E-state index contributed by atoms with van der Waals surface area (Å²) in [6.45, 7) is 6.83. The molecule has 0 bridgehead atoms. The Hall–Kier alpha value is -1.77. The van der Waals surface area contributed by atoms with E-state index in [0.717, 1.165) is 30.6 Å². The monoisotopic (exact) mass is 304 g/mol. The van der Waals surface area contributed by atoms with E-state index in [1.54, 1.807) is 6.08 Å². The van der Waals surface area contributed by atoms with Gasteiger partial charge < -0.3 is 9.47 Å². The number of ether oxygens (including phenoxy) is 2. The van der Waals surface area contributed by atoms with Crippen molar-refractivity contribution in [2.75, 3.05) is 6.61 Å². The molecule has 1 aromatic carbocycles. The maximum Gasteiger partial charge on any atom is 0.331 e. The molecule has 0 amide bonds. The Balaban J connectivity index is 2.45. The SMILES string of the molecule is CCCCCC(CC)OC(=O)C=Cc1ccc(OCC)cc1. The van der Waals surface area contributed by atoms with Crippen molar-refractivity contribution in [3.05, 3.63) is 35.9 Å². The van der Waals surface area contributed by atoms with E-state index >= 15 is 0 Å². The van der Waals surface area contributed by atoms with Crippen molar-refractivity contribution < 1.29 is 14.3 Å². The van der Waals surface area contributed by atoms with E-state index in [9.17, 15) is 4.79 Å². The molecule has 1 atom stereocenters. The lowest BCUT2D eigenvalue weighted by Gasteiger charge is -2.14. The van der Waals surface area contributed by atoms with Crippen molar-refractivity contribution >= 4 is 12.0 Å². The van der Waals surface area contributed by atoms with Crippen LogP contribution in [-0.4, -0.2) is 18.7 Å². The summed E-state index contributed by atoms with van der Waals surface area (Å²) in [5, 5.41) is 0. The summed E-state index contributed by atoms with van der Waals surface area (Å²) in [4.78, 5) is 11.9. The molecular formula is C19H28O3. The van der Waals surface area contributed by atoms with Gasteiger partial charge in [-0.05, 0) is 50.0 Å². The molecule has 3 heteroatoms. The van der Waals surface area contributed by atoms with Crippen LogP contribution in [-0.2, 0) is 9.53 Å². The third kappa shape index (κ3) is 7.30. The largest absolute Gasteiger partial charge is 0.494 e. The minimum Gasteiger partial charge on any atom is -0.494 e. The van der Waals surface area contributed by atoms with Crippen molar-refractivity contribution in [2.24, 2.45) is 0 Å². The van der Waals surface area contributed by atoms with E-state index in [0.29, 0.717) is 6.61 Å². The maximum absolute atomic E-state index is 11.9. The van der Waals surface area contributed by atoms with Gasteiger partial charge in [-0.3, -0.25) is 0 Å². The van der Waals surface area contributed by atoms with Gasteiger partial charge >= 0.3 is 5.97 Å². The van der Waals surface area contributed by atoms with Gasteiger partial charge in [-0.25, -0.2) is 4.79 Å². The second-order valence-corrected chi connectivity index (χ2v) is 5.30. The van der Waals surface area contributed by atoms with E-state index in [1.807, 2.05) is 31.2 Å². The Labute approximate surface area is 134 Å². The number of carbonyl (C=O) groups excluding carboxylic acids is 1. The quantitative estimate of drug-likeness (QED) is 0.346. The molecule has 122 valence electrons. The molecule has 1 rings (SSSR count). The van der Waals surface area contributed by atoms with Crippen LogP contribution in [0, 0.1) is 0 Å². The Morgan fingerprint density at radius 2 is 1.86 bits per heavy atom. The first-order chi connectivity index (χ1) is 10.7. The zero-order chi connectivity index (χ0) is 16.2. The molecule has 1 aromatic rings. The van der Waals surface area contributed by atoms with Crippen LogP contribution >= 0.6 is 0 Å². The van der Waals surface area contributed by atoms with Gasteiger partial charge in [-0.15, -0.1) is 0 Å². The van der Waals surface area contributed by atoms with Crippen molar-refractivity contribution in [1.29, 1.82) is 0 Å². The smallest absolute Gasteiger partial charge is 0.331 e. The lowest BCUT2D eigenvalue weighted by molar-refractivity contribution is -0.143. The summed E-state index contributed by atoms with van der Waals surface area (Å²) in [6.07, 6.45) is 8.61. The minimum atomic E-state index is -0.266. The third-order valence-corrected chi connectivity index (χ3v) is 3.47. The fourth-order valence-electron chi connectivity index (χ4n) is 2.18. The van der Waals surface area contributed by atoms with Crippen LogP contribution in [0.4, 0.5) is 0 Å². The summed E-state index contributed by atoms with van der Waals surface area (Å²) < 4.78 is 10.9.